The summed E-state index contributed by atoms with van der Waals surface area (Å²) >= 11 is 1.53. The zero-order chi connectivity index (χ0) is 17.1. The molecule has 0 aliphatic heterocycles. The number of thiazole rings is 1. The van der Waals surface area contributed by atoms with Crippen molar-refractivity contribution in [2.45, 2.75) is 13.5 Å². The number of rotatable bonds is 5. The number of fused-ring (bicyclic) bond motifs is 1. The molecule has 0 aliphatic rings. The monoisotopic (exact) mass is 421 g/mol. The van der Waals surface area contributed by atoms with Gasteiger partial charge in [-0.3, -0.25) is 9.97 Å². The summed E-state index contributed by atoms with van der Waals surface area (Å²) in [4.78, 5) is 17.5. The van der Waals surface area contributed by atoms with Gasteiger partial charge in [-0.15, -0.1) is 36.2 Å². The molecule has 6 nitrogen and oxygen atoms in total. The summed E-state index contributed by atoms with van der Waals surface area (Å²) in [5.74, 6) is 1.31. The lowest BCUT2D eigenvalue weighted by Crippen LogP contribution is -2.02. The van der Waals surface area contributed by atoms with Crippen molar-refractivity contribution in [3.8, 4) is 5.75 Å². The van der Waals surface area contributed by atoms with Gasteiger partial charge in [0.25, 0.3) is 0 Å². The van der Waals surface area contributed by atoms with Crippen LogP contribution in [0, 0.1) is 6.92 Å². The van der Waals surface area contributed by atoms with Crippen molar-refractivity contribution >= 4 is 58.1 Å². The van der Waals surface area contributed by atoms with E-state index in [1.165, 1.54) is 11.3 Å². The number of pyridine rings is 1. The van der Waals surface area contributed by atoms with E-state index in [9.17, 15) is 0 Å². The molecule has 9 heteroatoms. The van der Waals surface area contributed by atoms with Gasteiger partial charge in [-0.25, -0.2) is 9.97 Å². The van der Waals surface area contributed by atoms with Crippen molar-refractivity contribution in [1.29, 1.82) is 0 Å². The van der Waals surface area contributed by atoms with E-state index in [1.54, 1.807) is 18.6 Å². The van der Waals surface area contributed by atoms with E-state index in [4.69, 9.17) is 4.74 Å². The first-order valence-electron chi connectivity index (χ1n) is 7.75. The largest absolute Gasteiger partial charge is 0.485 e. The third-order valence-corrected chi connectivity index (χ3v) is 4.46. The minimum atomic E-state index is 0. The lowest BCUT2D eigenvalue weighted by Gasteiger charge is -2.11. The highest BCUT2D eigenvalue weighted by atomic mass is 35.5. The number of hydrogen-bond donors (Lipinski definition) is 1. The molecule has 0 radical (unpaired) electrons. The van der Waals surface area contributed by atoms with E-state index in [0.29, 0.717) is 18.2 Å². The molecule has 140 valence electrons. The molecule has 0 saturated heterocycles. The molecule has 0 unspecified atom stereocenters. The first-order chi connectivity index (χ1) is 12.3. The lowest BCUT2D eigenvalue weighted by molar-refractivity contribution is 0.308. The van der Waals surface area contributed by atoms with Crippen LogP contribution >= 0.6 is 36.2 Å². The van der Waals surface area contributed by atoms with E-state index in [1.807, 2.05) is 42.6 Å². The fourth-order valence-electron chi connectivity index (χ4n) is 2.44. The maximum atomic E-state index is 5.99. The van der Waals surface area contributed by atoms with E-state index in [-0.39, 0.29) is 24.8 Å². The molecule has 0 saturated carbocycles. The van der Waals surface area contributed by atoms with Crippen LogP contribution in [-0.2, 0) is 6.61 Å². The Morgan fingerprint density at radius 1 is 1.00 bits per heavy atom. The predicted octanol–water partition coefficient (Wildman–Crippen LogP) is 4.96. The summed E-state index contributed by atoms with van der Waals surface area (Å²) in [6.07, 6.45) is 5.10. The first kappa shape index (κ1) is 20.8. The number of halogens is 2. The normalized spacial score (nSPS) is 9.96. The highest BCUT2D eigenvalue weighted by Crippen LogP contribution is 2.28. The molecule has 3 heterocycles. The average molecular weight is 422 g/mol. The third-order valence-electron chi connectivity index (χ3n) is 3.58. The van der Waals surface area contributed by atoms with Gasteiger partial charge in [0, 0.05) is 29.5 Å². The number of anilines is 2. The van der Waals surface area contributed by atoms with E-state index >= 15 is 0 Å². The maximum Gasteiger partial charge on any atom is 0.188 e. The topological polar surface area (TPSA) is 72.8 Å². The highest BCUT2D eigenvalue weighted by molar-refractivity contribution is 7.13. The van der Waals surface area contributed by atoms with Crippen LogP contribution in [0.2, 0.25) is 0 Å². The molecule has 3 aromatic heterocycles. The molecule has 1 N–H and O–H groups in total. The third kappa shape index (κ3) is 4.82. The fraction of sp³-hybridized carbons (Fsp3) is 0.111. The van der Waals surface area contributed by atoms with Crippen molar-refractivity contribution < 1.29 is 4.74 Å². The molecule has 4 aromatic rings. The Morgan fingerprint density at radius 3 is 2.67 bits per heavy atom. The van der Waals surface area contributed by atoms with Crippen LogP contribution in [0.1, 0.15) is 11.3 Å². The van der Waals surface area contributed by atoms with E-state index in [2.05, 4.69) is 25.3 Å². The molecular weight excluding hydrogens is 405 g/mol. The summed E-state index contributed by atoms with van der Waals surface area (Å²) in [6, 6.07) is 9.61. The van der Waals surface area contributed by atoms with Crippen LogP contribution in [0.4, 0.5) is 10.9 Å². The van der Waals surface area contributed by atoms with Gasteiger partial charge in [-0.1, -0.05) is 12.1 Å². The number of para-hydroxylation sites is 1. The minimum absolute atomic E-state index is 0. The Bertz CT molecular complexity index is 1020. The zero-order valence-electron chi connectivity index (χ0n) is 14.3. The van der Waals surface area contributed by atoms with E-state index in [0.717, 1.165) is 27.4 Å². The lowest BCUT2D eigenvalue weighted by atomic mass is 10.2. The van der Waals surface area contributed by atoms with E-state index < -0.39 is 0 Å². The van der Waals surface area contributed by atoms with Crippen molar-refractivity contribution in [2.75, 3.05) is 5.32 Å². The minimum Gasteiger partial charge on any atom is -0.485 e. The van der Waals surface area contributed by atoms with Crippen LogP contribution in [0.25, 0.3) is 11.0 Å². The number of nitrogens with zero attached hydrogens (tertiary/aromatic N) is 4. The molecular formula is C18H17Cl2N5OS. The van der Waals surface area contributed by atoms with Gasteiger partial charge in [-0.05, 0) is 25.1 Å². The summed E-state index contributed by atoms with van der Waals surface area (Å²) in [6.45, 7) is 2.34. The summed E-state index contributed by atoms with van der Waals surface area (Å²) in [7, 11) is 0. The molecule has 0 bridgehead atoms. The smallest absolute Gasteiger partial charge is 0.188 e. The SMILES string of the molecule is Cc1csc(Nc2ncccc2OCc2cccc3nccnc23)n1.Cl.Cl. The van der Waals surface area contributed by atoms with Crippen LogP contribution < -0.4 is 10.1 Å². The Balaban J connectivity index is 0.00000131. The number of nitrogens with one attached hydrogen (secondary N) is 1. The molecule has 4 rings (SSSR count). The second-order valence-electron chi connectivity index (χ2n) is 5.40. The van der Waals surface area contributed by atoms with Gasteiger partial charge in [-0.2, -0.15) is 0 Å². The second-order valence-corrected chi connectivity index (χ2v) is 6.26. The molecule has 27 heavy (non-hydrogen) atoms. The standard InChI is InChI=1S/C18H15N5OS.2ClH/c1-12-11-25-18(22-12)23-17-15(6-3-7-21-17)24-10-13-4-2-5-14-16(13)20-9-8-19-14;;/h2-9,11H,10H2,1H3,(H,21,22,23);2*1H. The maximum absolute atomic E-state index is 5.99. The van der Waals surface area contributed by atoms with Gasteiger partial charge in [0.15, 0.2) is 16.7 Å². The van der Waals surface area contributed by atoms with Crippen molar-refractivity contribution in [1.82, 2.24) is 19.9 Å². The van der Waals surface area contributed by atoms with Gasteiger partial charge in [0.05, 0.1) is 16.7 Å². The van der Waals surface area contributed by atoms with Gasteiger partial charge < -0.3 is 10.1 Å². The summed E-state index contributed by atoms with van der Waals surface area (Å²) in [5, 5.41) is 5.99. The number of aryl methyl sites for hydroxylation is 1. The molecule has 0 atom stereocenters. The quantitative estimate of drug-likeness (QED) is 0.490. The van der Waals surface area contributed by atoms with Crippen LogP contribution in [-0.4, -0.2) is 19.9 Å². The first-order valence-corrected chi connectivity index (χ1v) is 8.63. The Hall–Kier alpha value is -2.48. The molecule has 1 aromatic carbocycles. The van der Waals surface area contributed by atoms with Crippen molar-refractivity contribution in [3.63, 3.8) is 0 Å². The highest BCUT2D eigenvalue weighted by Gasteiger charge is 2.09. The van der Waals surface area contributed by atoms with Crippen molar-refractivity contribution in [2.24, 2.45) is 0 Å². The van der Waals surface area contributed by atoms with Crippen LogP contribution in [0.15, 0.2) is 54.3 Å². The summed E-state index contributed by atoms with van der Waals surface area (Å²) in [5.41, 5.74) is 3.65. The molecule has 0 fully saturated rings. The number of aromatic nitrogens is 4. The Morgan fingerprint density at radius 2 is 1.85 bits per heavy atom. The second kappa shape index (κ2) is 9.45. The molecule has 0 aliphatic carbocycles. The number of benzene rings is 1. The van der Waals surface area contributed by atoms with Crippen molar-refractivity contribution in [3.05, 3.63) is 65.6 Å². The average Bonchev–Trinajstić information content (AvgIpc) is 3.06. The van der Waals surface area contributed by atoms with Gasteiger partial charge in [0.2, 0.25) is 0 Å². The Kier molecular flexibility index (Phi) is 7.29. The predicted molar refractivity (Wildman–Crippen MR) is 113 cm³/mol. The van der Waals surface area contributed by atoms with Gasteiger partial charge >= 0.3 is 0 Å². The summed E-state index contributed by atoms with van der Waals surface area (Å²) < 4.78 is 5.99. The zero-order valence-corrected chi connectivity index (χ0v) is 16.8. The molecule has 0 spiro atoms. The fourth-order valence-corrected chi connectivity index (χ4v) is 3.13. The molecule has 0 amide bonds. The van der Waals surface area contributed by atoms with Crippen LogP contribution in [0.3, 0.4) is 0 Å². The number of hydrogen-bond acceptors (Lipinski definition) is 7. The van der Waals surface area contributed by atoms with Crippen LogP contribution in [0.5, 0.6) is 5.75 Å². The number of ether oxygens (including phenoxy) is 1. The van der Waals surface area contributed by atoms with Gasteiger partial charge in [0.1, 0.15) is 6.61 Å². The Labute approximate surface area is 172 Å².